The summed E-state index contributed by atoms with van der Waals surface area (Å²) in [5.74, 6) is -0.936. The maximum absolute atomic E-state index is 12.1. The number of anilines is 3. The molecule has 4 rings (SSSR count). The van der Waals surface area contributed by atoms with Crippen molar-refractivity contribution in [1.82, 2.24) is 0 Å². The molecule has 2 atom stereocenters. The third kappa shape index (κ3) is 8.82. The van der Waals surface area contributed by atoms with Crippen LogP contribution in [0.25, 0.3) is 0 Å². The summed E-state index contributed by atoms with van der Waals surface area (Å²) in [6.07, 6.45) is 4.26. The van der Waals surface area contributed by atoms with Crippen molar-refractivity contribution in [1.29, 1.82) is 0 Å². The molecule has 2 unspecified atom stereocenters. The van der Waals surface area contributed by atoms with E-state index in [0.29, 0.717) is 12.8 Å². The van der Waals surface area contributed by atoms with Gasteiger partial charge in [-0.05, 0) is 104 Å². The first-order chi connectivity index (χ1) is 21.7. The van der Waals surface area contributed by atoms with Gasteiger partial charge in [0.2, 0.25) is 0 Å². The Morgan fingerprint density at radius 3 is 1.38 bits per heavy atom. The minimum absolute atomic E-state index is 0.435. The van der Waals surface area contributed by atoms with Gasteiger partial charge in [-0.1, -0.05) is 86.7 Å². The maximum Gasteiger partial charge on any atom is 0.330 e. The quantitative estimate of drug-likeness (QED) is 0.106. The van der Waals surface area contributed by atoms with E-state index in [1.807, 2.05) is 19.9 Å². The molecular weight excluding hydrogens is 558 g/mol. The van der Waals surface area contributed by atoms with Crippen LogP contribution in [0.1, 0.15) is 72.3 Å². The average Bonchev–Trinajstić information content (AvgIpc) is 3.07. The predicted molar refractivity (Wildman–Crippen MR) is 183 cm³/mol. The van der Waals surface area contributed by atoms with Crippen molar-refractivity contribution < 1.29 is 19.1 Å². The van der Waals surface area contributed by atoms with Crippen LogP contribution < -0.4 is 4.90 Å². The molecule has 5 nitrogen and oxygen atoms in total. The van der Waals surface area contributed by atoms with E-state index in [4.69, 9.17) is 9.47 Å². The van der Waals surface area contributed by atoms with Gasteiger partial charge in [-0.2, -0.15) is 0 Å². The predicted octanol–water partition coefficient (Wildman–Crippen LogP) is 9.92. The van der Waals surface area contributed by atoms with Crippen molar-refractivity contribution in [3.8, 4) is 0 Å². The van der Waals surface area contributed by atoms with Gasteiger partial charge in [0.25, 0.3) is 0 Å². The standard InChI is InChI=1S/C40H43NO4/c1-7-37(44-39(42)9-3)32-25-31(26-33(27-32)38(8-2)45-40(43)10-4)16-15-30-17-23-36(24-18-30)41(34-19-11-28(5)12-20-34)35-21-13-29(6)14-22-35/h9-14,17-27,37-38H,3-4,7-8,15-16H2,1-2,5-6H3. The van der Waals surface area contributed by atoms with Gasteiger partial charge in [0, 0.05) is 29.2 Å². The molecule has 0 heterocycles. The average molecular weight is 602 g/mol. The molecule has 0 aliphatic heterocycles. The fourth-order valence-electron chi connectivity index (χ4n) is 5.35. The summed E-state index contributed by atoms with van der Waals surface area (Å²) in [5, 5.41) is 0. The molecule has 0 bridgehead atoms. The van der Waals surface area contributed by atoms with Gasteiger partial charge in [0.1, 0.15) is 12.2 Å². The zero-order valence-corrected chi connectivity index (χ0v) is 26.8. The summed E-state index contributed by atoms with van der Waals surface area (Å²) in [4.78, 5) is 26.4. The van der Waals surface area contributed by atoms with Crippen LogP contribution in [0, 0.1) is 13.8 Å². The molecule has 0 N–H and O–H groups in total. The third-order valence-corrected chi connectivity index (χ3v) is 7.85. The van der Waals surface area contributed by atoms with Gasteiger partial charge in [0.15, 0.2) is 0 Å². The number of hydrogen-bond acceptors (Lipinski definition) is 5. The summed E-state index contributed by atoms with van der Waals surface area (Å²) < 4.78 is 11.3. The van der Waals surface area contributed by atoms with Crippen molar-refractivity contribution >= 4 is 29.0 Å². The highest BCUT2D eigenvalue weighted by Crippen LogP contribution is 2.35. The first-order valence-corrected chi connectivity index (χ1v) is 15.6. The zero-order chi connectivity index (χ0) is 32.3. The second-order valence-corrected chi connectivity index (χ2v) is 11.3. The molecule has 0 saturated heterocycles. The number of benzene rings is 4. The Bertz CT molecular complexity index is 1510. The summed E-state index contributed by atoms with van der Waals surface area (Å²) in [7, 11) is 0. The highest BCUT2D eigenvalue weighted by atomic mass is 16.5. The molecular formula is C40H43NO4. The Morgan fingerprint density at radius 1 is 0.622 bits per heavy atom. The molecule has 0 amide bonds. The number of hydrogen-bond donors (Lipinski definition) is 0. The SMILES string of the molecule is C=CC(=O)OC(CC)c1cc(CCc2ccc(N(c3ccc(C)cc3)c3ccc(C)cc3)cc2)cc(C(CC)OC(=O)C=C)c1. The second-order valence-electron chi connectivity index (χ2n) is 11.3. The van der Waals surface area contributed by atoms with E-state index in [9.17, 15) is 9.59 Å². The smallest absolute Gasteiger partial charge is 0.330 e. The van der Waals surface area contributed by atoms with Crippen LogP contribution in [0.5, 0.6) is 0 Å². The van der Waals surface area contributed by atoms with Crippen LogP contribution in [-0.2, 0) is 31.9 Å². The number of rotatable bonds is 14. The molecule has 0 aliphatic carbocycles. The third-order valence-electron chi connectivity index (χ3n) is 7.85. The number of ether oxygens (including phenoxy) is 2. The van der Waals surface area contributed by atoms with Crippen molar-refractivity contribution in [2.24, 2.45) is 0 Å². The Hall–Kier alpha value is -4.90. The lowest BCUT2D eigenvalue weighted by molar-refractivity contribution is -0.144. The van der Waals surface area contributed by atoms with Crippen LogP contribution in [0.2, 0.25) is 0 Å². The summed E-state index contributed by atoms with van der Waals surface area (Å²) in [5.41, 5.74) is 9.75. The first-order valence-electron chi connectivity index (χ1n) is 15.6. The van der Waals surface area contributed by atoms with E-state index in [2.05, 4.69) is 117 Å². The van der Waals surface area contributed by atoms with Gasteiger partial charge >= 0.3 is 11.9 Å². The van der Waals surface area contributed by atoms with Crippen LogP contribution in [-0.4, -0.2) is 11.9 Å². The highest BCUT2D eigenvalue weighted by Gasteiger charge is 2.20. The van der Waals surface area contributed by atoms with Crippen molar-refractivity contribution in [3.05, 3.63) is 150 Å². The molecule has 5 heteroatoms. The van der Waals surface area contributed by atoms with Gasteiger partial charge in [-0.3, -0.25) is 0 Å². The van der Waals surface area contributed by atoms with E-state index in [-0.39, 0.29) is 0 Å². The molecule has 45 heavy (non-hydrogen) atoms. The number of aryl methyl sites for hydroxylation is 4. The lowest BCUT2D eigenvalue weighted by Crippen LogP contribution is -2.12. The molecule has 0 aromatic heterocycles. The van der Waals surface area contributed by atoms with Crippen LogP contribution >= 0.6 is 0 Å². The van der Waals surface area contributed by atoms with E-state index >= 15 is 0 Å². The summed E-state index contributed by atoms with van der Waals surface area (Å²) in [6.45, 7) is 15.2. The van der Waals surface area contributed by atoms with Crippen LogP contribution in [0.3, 0.4) is 0 Å². The fraction of sp³-hybridized carbons (Fsp3) is 0.250. The number of carbonyl (C=O) groups is 2. The molecule has 0 radical (unpaired) electrons. The Balaban J connectivity index is 1.61. The van der Waals surface area contributed by atoms with E-state index in [1.54, 1.807) is 0 Å². The first kappa shape index (κ1) is 33.0. The Morgan fingerprint density at radius 2 is 1.00 bits per heavy atom. The van der Waals surface area contributed by atoms with Crippen LogP contribution in [0.4, 0.5) is 17.1 Å². The number of nitrogens with zero attached hydrogens (tertiary/aromatic N) is 1. The van der Waals surface area contributed by atoms with Gasteiger partial charge in [0.05, 0.1) is 0 Å². The van der Waals surface area contributed by atoms with Gasteiger partial charge < -0.3 is 14.4 Å². The largest absolute Gasteiger partial charge is 0.454 e. The molecule has 4 aromatic carbocycles. The zero-order valence-electron chi connectivity index (χ0n) is 26.8. The van der Waals surface area contributed by atoms with Crippen molar-refractivity contribution in [2.75, 3.05) is 4.90 Å². The molecule has 0 saturated carbocycles. The van der Waals surface area contributed by atoms with E-state index < -0.39 is 24.1 Å². The molecule has 0 spiro atoms. The van der Waals surface area contributed by atoms with Gasteiger partial charge in [-0.15, -0.1) is 0 Å². The van der Waals surface area contributed by atoms with E-state index in [1.165, 1.54) is 28.8 Å². The maximum atomic E-state index is 12.1. The molecule has 0 aliphatic rings. The minimum atomic E-state index is -0.468. The molecule has 0 fully saturated rings. The summed E-state index contributed by atoms with van der Waals surface area (Å²) >= 11 is 0. The normalized spacial score (nSPS) is 12.1. The monoisotopic (exact) mass is 601 g/mol. The summed E-state index contributed by atoms with van der Waals surface area (Å²) in [6, 6.07) is 32.0. The van der Waals surface area contributed by atoms with E-state index in [0.717, 1.165) is 46.6 Å². The number of carbonyl (C=O) groups excluding carboxylic acids is 2. The lowest BCUT2D eigenvalue weighted by Gasteiger charge is -2.26. The Kier molecular flexibility index (Phi) is 11.5. The topological polar surface area (TPSA) is 55.8 Å². The second kappa shape index (κ2) is 15.7. The van der Waals surface area contributed by atoms with Crippen LogP contribution in [0.15, 0.2) is 116 Å². The number of esters is 2. The fourth-order valence-corrected chi connectivity index (χ4v) is 5.35. The Labute approximate surface area is 267 Å². The highest BCUT2D eigenvalue weighted by molar-refractivity contribution is 5.82. The minimum Gasteiger partial charge on any atom is -0.454 e. The van der Waals surface area contributed by atoms with Gasteiger partial charge in [-0.25, -0.2) is 9.59 Å². The molecule has 4 aromatic rings. The van der Waals surface area contributed by atoms with Crippen molar-refractivity contribution in [2.45, 2.75) is 65.6 Å². The molecule has 232 valence electrons. The lowest BCUT2D eigenvalue weighted by atomic mass is 9.94. The van der Waals surface area contributed by atoms with Crippen molar-refractivity contribution in [3.63, 3.8) is 0 Å².